The molecule has 0 spiro atoms. The standard InChI is InChI=1S/C14H12Cl2O/c1-10-6-7-14(12(16)8-10)17-13-5-3-2-4-11(13)9-15/h2-8H,9H2,1H3. The third-order valence-corrected chi connectivity index (χ3v) is 3.01. The van der Waals surface area contributed by atoms with Gasteiger partial charge in [-0.2, -0.15) is 0 Å². The summed E-state index contributed by atoms with van der Waals surface area (Å²) in [6.45, 7) is 1.99. The third-order valence-electron chi connectivity index (χ3n) is 2.42. The number of benzene rings is 2. The van der Waals surface area contributed by atoms with Crippen molar-refractivity contribution in [2.24, 2.45) is 0 Å². The van der Waals surface area contributed by atoms with Gasteiger partial charge in [0.15, 0.2) is 0 Å². The Labute approximate surface area is 111 Å². The summed E-state index contributed by atoms with van der Waals surface area (Å²) in [5.41, 5.74) is 2.05. The second-order valence-corrected chi connectivity index (χ2v) is 4.45. The molecule has 17 heavy (non-hydrogen) atoms. The van der Waals surface area contributed by atoms with Crippen LogP contribution in [0, 0.1) is 6.92 Å². The van der Waals surface area contributed by atoms with Crippen LogP contribution in [0.1, 0.15) is 11.1 Å². The molecule has 2 aromatic carbocycles. The van der Waals surface area contributed by atoms with E-state index in [1.165, 1.54) is 0 Å². The van der Waals surface area contributed by atoms with Gasteiger partial charge in [0, 0.05) is 5.56 Å². The Kier molecular flexibility index (Phi) is 3.93. The number of alkyl halides is 1. The van der Waals surface area contributed by atoms with E-state index in [1.54, 1.807) is 0 Å². The Balaban J connectivity index is 2.31. The first-order valence-corrected chi connectivity index (χ1v) is 6.20. The largest absolute Gasteiger partial charge is 0.455 e. The van der Waals surface area contributed by atoms with Crippen molar-refractivity contribution in [3.8, 4) is 11.5 Å². The highest BCUT2D eigenvalue weighted by molar-refractivity contribution is 6.32. The van der Waals surface area contributed by atoms with Gasteiger partial charge in [0.1, 0.15) is 11.5 Å². The van der Waals surface area contributed by atoms with Crippen LogP contribution in [0.4, 0.5) is 0 Å². The minimum absolute atomic E-state index is 0.416. The average Bonchev–Trinajstić information content (AvgIpc) is 2.33. The molecule has 0 fully saturated rings. The van der Waals surface area contributed by atoms with E-state index in [0.717, 1.165) is 16.9 Å². The predicted molar refractivity (Wildman–Crippen MR) is 72.3 cm³/mol. The van der Waals surface area contributed by atoms with Crippen LogP contribution in [0.25, 0.3) is 0 Å². The van der Waals surface area contributed by atoms with E-state index in [9.17, 15) is 0 Å². The molecule has 0 heterocycles. The third kappa shape index (κ3) is 2.93. The van der Waals surface area contributed by atoms with Gasteiger partial charge < -0.3 is 4.74 Å². The summed E-state index contributed by atoms with van der Waals surface area (Å²) >= 11 is 12.0. The van der Waals surface area contributed by atoms with Crippen molar-refractivity contribution >= 4 is 23.2 Å². The van der Waals surface area contributed by atoms with Gasteiger partial charge in [0.25, 0.3) is 0 Å². The highest BCUT2D eigenvalue weighted by Crippen LogP contribution is 2.32. The number of hydrogen-bond acceptors (Lipinski definition) is 1. The van der Waals surface area contributed by atoms with E-state index in [1.807, 2.05) is 49.4 Å². The zero-order valence-electron chi connectivity index (χ0n) is 9.41. The number of ether oxygens (including phenoxy) is 1. The first kappa shape index (κ1) is 12.3. The van der Waals surface area contributed by atoms with Crippen LogP contribution in [0.15, 0.2) is 42.5 Å². The smallest absolute Gasteiger partial charge is 0.146 e. The molecule has 1 nitrogen and oxygen atoms in total. The van der Waals surface area contributed by atoms with Gasteiger partial charge in [-0.15, -0.1) is 11.6 Å². The van der Waals surface area contributed by atoms with Gasteiger partial charge in [-0.25, -0.2) is 0 Å². The lowest BCUT2D eigenvalue weighted by atomic mass is 10.2. The molecule has 2 rings (SSSR count). The maximum Gasteiger partial charge on any atom is 0.146 e. The number of halogens is 2. The van der Waals surface area contributed by atoms with Gasteiger partial charge in [0.05, 0.1) is 10.9 Å². The first-order valence-electron chi connectivity index (χ1n) is 5.28. The molecule has 0 aliphatic rings. The number of hydrogen-bond donors (Lipinski definition) is 0. The van der Waals surface area contributed by atoms with Crippen molar-refractivity contribution in [3.63, 3.8) is 0 Å². The molecule has 0 unspecified atom stereocenters. The Bertz CT molecular complexity index is 523. The first-order chi connectivity index (χ1) is 8.20. The lowest BCUT2D eigenvalue weighted by Gasteiger charge is -2.10. The zero-order valence-corrected chi connectivity index (χ0v) is 10.9. The summed E-state index contributed by atoms with van der Waals surface area (Å²) in [6, 6.07) is 13.4. The van der Waals surface area contributed by atoms with Gasteiger partial charge in [-0.3, -0.25) is 0 Å². The predicted octanol–water partition coefficient (Wildman–Crippen LogP) is 5.18. The van der Waals surface area contributed by atoms with Crippen LogP contribution in [0.2, 0.25) is 5.02 Å². The minimum atomic E-state index is 0.416. The lowest BCUT2D eigenvalue weighted by molar-refractivity contribution is 0.478. The van der Waals surface area contributed by atoms with E-state index >= 15 is 0 Å². The lowest BCUT2D eigenvalue weighted by Crippen LogP contribution is -1.90. The molecule has 0 saturated heterocycles. The molecular weight excluding hydrogens is 255 g/mol. The summed E-state index contributed by atoms with van der Waals surface area (Å²) < 4.78 is 5.77. The molecule has 0 atom stereocenters. The summed E-state index contributed by atoms with van der Waals surface area (Å²) in [7, 11) is 0. The summed E-state index contributed by atoms with van der Waals surface area (Å²) in [5.74, 6) is 1.81. The average molecular weight is 267 g/mol. The molecule has 0 radical (unpaired) electrons. The van der Waals surface area contributed by atoms with Crippen molar-refractivity contribution in [3.05, 3.63) is 58.6 Å². The molecule has 0 saturated carbocycles. The van der Waals surface area contributed by atoms with Crippen LogP contribution in [-0.2, 0) is 5.88 Å². The van der Waals surface area contributed by atoms with E-state index in [-0.39, 0.29) is 0 Å². The number of rotatable bonds is 3. The van der Waals surface area contributed by atoms with Crippen molar-refractivity contribution in [1.82, 2.24) is 0 Å². The van der Waals surface area contributed by atoms with E-state index in [2.05, 4.69) is 0 Å². The molecule has 3 heteroatoms. The normalized spacial score (nSPS) is 10.3. The van der Waals surface area contributed by atoms with Gasteiger partial charge >= 0.3 is 0 Å². The highest BCUT2D eigenvalue weighted by atomic mass is 35.5. The van der Waals surface area contributed by atoms with E-state index in [0.29, 0.717) is 16.7 Å². The molecule has 0 aromatic heterocycles. The fourth-order valence-corrected chi connectivity index (χ4v) is 2.02. The van der Waals surface area contributed by atoms with Crippen LogP contribution < -0.4 is 4.74 Å². The molecule has 0 bridgehead atoms. The molecule has 0 amide bonds. The highest BCUT2D eigenvalue weighted by Gasteiger charge is 2.06. The van der Waals surface area contributed by atoms with Gasteiger partial charge in [0.2, 0.25) is 0 Å². The van der Waals surface area contributed by atoms with Crippen molar-refractivity contribution in [1.29, 1.82) is 0 Å². The van der Waals surface area contributed by atoms with Crippen LogP contribution in [-0.4, -0.2) is 0 Å². The Hall–Kier alpha value is -1.18. The van der Waals surface area contributed by atoms with Gasteiger partial charge in [-0.05, 0) is 30.7 Å². The Morgan fingerprint density at radius 3 is 2.53 bits per heavy atom. The fraction of sp³-hybridized carbons (Fsp3) is 0.143. The van der Waals surface area contributed by atoms with Crippen LogP contribution in [0.5, 0.6) is 11.5 Å². The Morgan fingerprint density at radius 2 is 1.82 bits per heavy atom. The SMILES string of the molecule is Cc1ccc(Oc2ccccc2CCl)c(Cl)c1. The zero-order chi connectivity index (χ0) is 12.3. The summed E-state index contributed by atoms with van der Waals surface area (Å²) in [6.07, 6.45) is 0. The van der Waals surface area contributed by atoms with E-state index < -0.39 is 0 Å². The molecule has 0 aliphatic carbocycles. The van der Waals surface area contributed by atoms with Gasteiger partial charge in [-0.1, -0.05) is 35.9 Å². The molecule has 0 N–H and O–H groups in total. The van der Waals surface area contributed by atoms with Crippen molar-refractivity contribution < 1.29 is 4.74 Å². The maximum absolute atomic E-state index is 6.12. The second kappa shape index (κ2) is 5.44. The monoisotopic (exact) mass is 266 g/mol. The van der Waals surface area contributed by atoms with Crippen LogP contribution in [0.3, 0.4) is 0 Å². The van der Waals surface area contributed by atoms with Crippen molar-refractivity contribution in [2.75, 3.05) is 0 Å². The number of para-hydroxylation sites is 1. The quantitative estimate of drug-likeness (QED) is 0.696. The molecule has 0 aliphatic heterocycles. The topological polar surface area (TPSA) is 9.23 Å². The van der Waals surface area contributed by atoms with E-state index in [4.69, 9.17) is 27.9 Å². The molecule has 88 valence electrons. The molecule has 2 aromatic rings. The fourth-order valence-electron chi connectivity index (χ4n) is 1.52. The summed E-state index contributed by atoms with van der Waals surface area (Å²) in [5, 5.41) is 0.606. The van der Waals surface area contributed by atoms with Crippen molar-refractivity contribution in [2.45, 2.75) is 12.8 Å². The number of aryl methyl sites for hydroxylation is 1. The van der Waals surface area contributed by atoms with Crippen LogP contribution >= 0.6 is 23.2 Å². The molecular formula is C14H12Cl2O. The Morgan fingerprint density at radius 1 is 1.06 bits per heavy atom. The maximum atomic E-state index is 6.12. The second-order valence-electron chi connectivity index (χ2n) is 3.78. The summed E-state index contributed by atoms with van der Waals surface area (Å²) in [4.78, 5) is 0. The minimum Gasteiger partial charge on any atom is -0.455 e.